The van der Waals surface area contributed by atoms with Gasteiger partial charge < -0.3 is 4.90 Å². The molecule has 0 aromatic heterocycles. The molecule has 5 nitrogen and oxygen atoms in total. The lowest BCUT2D eigenvalue weighted by Gasteiger charge is -2.37. The maximum absolute atomic E-state index is 13.4. The van der Waals surface area contributed by atoms with Crippen molar-refractivity contribution in [3.8, 4) is 0 Å². The summed E-state index contributed by atoms with van der Waals surface area (Å²) in [4.78, 5) is 15.5. The number of nitrogens with zero attached hydrogens (tertiary/aromatic N) is 2. The van der Waals surface area contributed by atoms with Crippen LogP contribution in [0.2, 0.25) is 0 Å². The van der Waals surface area contributed by atoms with E-state index in [1.54, 1.807) is 0 Å². The molecular weight excluding hydrogens is 336 g/mol. The molecule has 0 radical (unpaired) electrons. The van der Waals surface area contributed by atoms with Gasteiger partial charge in [0.1, 0.15) is 0 Å². The molecule has 25 heavy (non-hydrogen) atoms. The first-order chi connectivity index (χ1) is 11.9. The molecule has 6 heteroatoms. The van der Waals surface area contributed by atoms with E-state index in [-0.39, 0.29) is 17.9 Å². The summed E-state index contributed by atoms with van der Waals surface area (Å²) in [6, 6.07) is 8.95. The van der Waals surface area contributed by atoms with Gasteiger partial charge in [-0.15, -0.1) is 0 Å². The highest BCUT2D eigenvalue weighted by molar-refractivity contribution is 7.88. The third-order valence-corrected chi connectivity index (χ3v) is 7.10. The molecule has 4 rings (SSSR count). The molecule has 136 valence electrons. The van der Waals surface area contributed by atoms with Crippen LogP contribution in [0.15, 0.2) is 24.3 Å². The first-order valence-electron chi connectivity index (χ1n) is 9.30. The predicted octanol–water partition coefficient (Wildman–Crippen LogP) is 2.34. The molecule has 1 heterocycles. The van der Waals surface area contributed by atoms with Gasteiger partial charge in [0.2, 0.25) is 15.9 Å². The lowest BCUT2D eigenvalue weighted by atomic mass is 9.96. The van der Waals surface area contributed by atoms with Crippen LogP contribution in [0.3, 0.4) is 0 Å². The Hall–Kier alpha value is -1.40. The summed E-state index contributed by atoms with van der Waals surface area (Å²) in [5.41, 5.74) is 2.64. The summed E-state index contributed by atoms with van der Waals surface area (Å²) in [7, 11) is -3.23. The van der Waals surface area contributed by atoms with Crippen LogP contribution in [0.4, 0.5) is 0 Å². The van der Waals surface area contributed by atoms with E-state index in [4.69, 9.17) is 0 Å². The molecule has 1 aromatic carbocycles. The lowest BCUT2D eigenvalue weighted by Crippen LogP contribution is -2.47. The summed E-state index contributed by atoms with van der Waals surface area (Å²) in [5.74, 6) is -0.0330. The van der Waals surface area contributed by atoms with E-state index >= 15 is 0 Å². The number of piperidine rings is 1. The second-order valence-corrected chi connectivity index (χ2v) is 9.67. The Kier molecular flexibility index (Phi) is 4.36. The van der Waals surface area contributed by atoms with E-state index in [1.165, 1.54) is 21.7 Å². The molecule has 1 saturated carbocycles. The van der Waals surface area contributed by atoms with Crippen molar-refractivity contribution in [1.82, 2.24) is 9.21 Å². The average Bonchev–Trinajstić information content (AvgIpc) is 3.34. The van der Waals surface area contributed by atoms with Crippen LogP contribution in [-0.2, 0) is 21.2 Å². The number of carbonyl (C=O) groups is 1. The van der Waals surface area contributed by atoms with E-state index in [0.717, 1.165) is 38.5 Å². The van der Waals surface area contributed by atoms with Gasteiger partial charge in [0.05, 0.1) is 18.2 Å². The Balaban J connectivity index is 1.57. The number of amides is 1. The zero-order chi connectivity index (χ0) is 17.6. The number of sulfonamides is 1. The summed E-state index contributed by atoms with van der Waals surface area (Å²) in [6.45, 7) is 0.882. The van der Waals surface area contributed by atoms with Gasteiger partial charge in [-0.2, -0.15) is 0 Å². The summed E-state index contributed by atoms with van der Waals surface area (Å²) < 4.78 is 25.3. The van der Waals surface area contributed by atoms with Crippen molar-refractivity contribution in [2.45, 2.75) is 50.6 Å². The van der Waals surface area contributed by atoms with E-state index in [2.05, 4.69) is 29.2 Å². The van der Waals surface area contributed by atoms with Crippen molar-refractivity contribution in [1.29, 1.82) is 0 Å². The van der Waals surface area contributed by atoms with Crippen molar-refractivity contribution in [2.75, 3.05) is 19.3 Å². The maximum atomic E-state index is 13.4. The highest BCUT2D eigenvalue weighted by Crippen LogP contribution is 2.43. The number of carbonyl (C=O) groups excluding carboxylic acids is 1. The highest BCUT2D eigenvalue weighted by atomic mass is 32.2. The molecule has 1 saturated heterocycles. The molecule has 0 N–H and O–H groups in total. The Morgan fingerprint density at radius 3 is 2.64 bits per heavy atom. The van der Waals surface area contributed by atoms with E-state index < -0.39 is 10.0 Å². The fourth-order valence-electron chi connectivity index (χ4n) is 4.42. The zero-order valence-corrected chi connectivity index (χ0v) is 15.5. The van der Waals surface area contributed by atoms with Crippen LogP contribution in [0, 0.1) is 5.92 Å². The minimum atomic E-state index is -3.23. The number of benzene rings is 1. The van der Waals surface area contributed by atoms with Gasteiger partial charge in [-0.3, -0.25) is 4.79 Å². The number of fused-ring (bicyclic) bond motifs is 1. The first kappa shape index (κ1) is 17.0. The standard InChI is InChI=1S/C19H26N2O3S/c1-25(23,24)20-12-4-6-15(13-20)19(22)21(16-9-10-16)18-11-8-14-5-2-3-7-17(14)18/h2-3,5,7,15-16,18H,4,6,8-13H2,1H3. The lowest BCUT2D eigenvalue weighted by molar-refractivity contribution is -0.140. The maximum Gasteiger partial charge on any atom is 0.227 e. The monoisotopic (exact) mass is 362 g/mol. The number of hydrogen-bond donors (Lipinski definition) is 0. The Morgan fingerprint density at radius 2 is 1.92 bits per heavy atom. The van der Waals surface area contributed by atoms with Crippen LogP contribution in [0.5, 0.6) is 0 Å². The quantitative estimate of drug-likeness (QED) is 0.826. The summed E-state index contributed by atoms with van der Waals surface area (Å²) in [6.07, 6.45) is 6.97. The molecular formula is C19H26N2O3S. The van der Waals surface area contributed by atoms with Gasteiger partial charge in [-0.1, -0.05) is 24.3 Å². The van der Waals surface area contributed by atoms with Crippen molar-refractivity contribution in [3.05, 3.63) is 35.4 Å². The van der Waals surface area contributed by atoms with Crippen molar-refractivity contribution in [3.63, 3.8) is 0 Å². The second kappa shape index (κ2) is 6.40. The minimum Gasteiger partial charge on any atom is -0.332 e. The highest BCUT2D eigenvalue weighted by Gasteiger charge is 2.43. The van der Waals surface area contributed by atoms with Gasteiger partial charge in [-0.05, 0) is 49.7 Å². The molecule has 1 amide bonds. The van der Waals surface area contributed by atoms with Gasteiger partial charge in [0, 0.05) is 19.1 Å². The summed E-state index contributed by atoms with van der Waals surface area (Å²) in [5, 5.41) is 0. The molecule has 1 aliphatic heterocycles. The van der Waals surface area contributed by atoms with Crippen LogP contribution in [0.1, 0.15) is 49.3 Å². The van der Waals surface area contributed by atoms with E-state index in [1.807, 2.05) is 0 Å². The molecule has 0 spiro atoms. The molecule has 2 fully saturated rings. The molecule has 0 bridgehead atoms. The Bertz CT molecular complexity index is 773. The van der Waals surface area contributed by atoms with Gasteiger partial charge in [-0.25, -0.2) is 12.7 Å². The predicted molar refractivity (Wildman–Crippen MR) is 96.5 cm³/mol. The smallest absolute Gasteiger partial charge is 0.227 e. The summed E-state index contributed by atoms with van der Waals surface area (Å²) >= 11 is 0. The largest absolute Gasteiger partial charge is 0.332 e. The zero-order valence-electron chi connectivity index (χ0n) is 14.7. The third kappa shape index (κ3) is 3.34. The van der Waals surface area contributed by atoms with Crippen molar-refractivity contribution >= 4 is 15.9 Å². The van der Waals surface area contributed by atoms with Crippen molar-refractivity contribution < 1.29 is 13.2 Å². The van der Waals surface area contributed by atoms with E-state index in [0.29, 0.717) is 19.1 Å². The van der Waals surface area contributed by atoms with Crippen LogP contribution < -0.4 is 0 Å². The average molecular weight is 362 g/mol. The number of rotatable bonds is 4. The molecule has 2 atom stereocenters. The Morgan fingerprint density at radius 1 is 1.16 bits per heavy atom. The molecule has 3 aliphatic rings. The van der Waals surface area contributed by atoms with Crippen molar-refractivity contribution in [2.24, 2.45) is 5.92 Å². The molecule has 2 aliphatic carbocycles. The van der Waals surface area contributed by atoms with Gasteiger partial charge in [0.15, 0.2) is 0 Å². The van der Waals surface area contributed by atoms with Gasteiger partial charge in [0.25, 0.3) is 0 Å². The van der Waals surface area contributed by atoms with Crippen LogP contribution in [0.25, 0.3) is 0 Å². The van der Waals surface area contributed by atoms with Gasteiger partial charge >= 0.3 is 0 Å². The minimum absolute atomic E-state index is 0.164. The third-order valence-electron chi connectivity index (χ3n) is 5.83. The Labute approximate surface area is 150 Å². The van der Waals surface area contributed by atoms with Crippen LogP contribution in [-0.4, -0.2) is 48.9 Å². The van der Waals surface area contributed by atoms with E-state index in [9.17, 15) is 13.2 Å². The topological polar surface area (TPSA) is 57.7 Å². The second-order valence-electron chi connectivity index (χ2n) is 7.69. The molecule has 1 aromatic rings. The number of aryl methyl sites for hydroxylation is 1. The first-order valence-corrected chi connectivity index (χ1v) is 11.1. The fraction of sp³-hybridized carbons (Fsp3) is 0.632. The van der Waals surface area contributed by atoms with Crippen LogP contribution >= 0.6 is 0 Å². The normalized spacial score (nSPS) is 27.1. The number of hydrogen-bond acceptors (Lipinski definition) is 3. The fourth-order valence-corrected chi connectivity index (χ4v) is 5.33. The molecule has 2 unspecified atom stereocenters. The SMILES string of the molecule is CS(=O)(=O)N1CCCC(C(=O)N(C2CC2)C2CCc3ccccc32)C1.